The normalized spacial score (nSPS) is 24.8. The number of hydrogen-bond acceptors (Lipinski definition) is 4. The van der Waals surface area contributed by atoms with Crippen LogP contribution >= 0.6 is 27.7 Å². The second kappa shape index (κ2) is 6.74. The molecule has 2 fully saturated rings. The minimum Gasteiger partial charge on any atom is -0.315 e. The van der Waals surface area contributed by atoms with E-state index >= 15 is 0 Å². The van der Waals surface area contributed by atoms with Crippen molar-refractivity contribution in [1.82, 2.24) is 14.7 Å². The number of nitrogens with zero attached hydrogens (tertiary/aromatic N) is 3. The van der Waals surface area contributed by atoms with Crippen molar-refractivity contribution in [2.24, 2.45) is 0 Å². The van der Waals surface area contributed by atoms with Gasteiger partial charge in [0.15, 0.2) is 0 Å². The monoisotopic (exact) mass is 434 g/mol. The Kier molecular flexibility index (Phi) is 4.56. The van der Waals surface area contributed by atoms with Gasteiger partial charge in [-0.05, 0) is 31.0 Å². The van der Waals surface area contributed by atoms with Crippen LogP contribution in [0.5, 0.6) is 0 Å². The van der Waals surface area contributed by atoms with Crippen LogP contribution in [-0.2, 0) is 16.1 Å². The zero-order valence-electron chi connectivity index (χ0n) is 14.3. The summed E-state index contributed by atoms with van der Waals surface area (Å²) in [5.41, 5.74) is 1.09. The molecule has 2 amide bonds. The number of halogens is 1. The molecule has 2 saturated heterocycles. The van der Waals surface area contributed by atoms with Gasteiger partial charge in [0.1, 0.15) is 11.9 Å². The molecule has 6 nitrogen and oxygen atoms in total. The summed E-state index contributed by atoms with van der Waals surface area (Å²) < 4.78 is 2.78. The zero-order chi connectivity index (χ0) is 18.3. The van der Waals surface area contributed by atoms with Gasteiger partial charge in [0.05, 0.1) is 17.6 Å². The van der Waals surface area contributed by atoms with Crippen molar-refractivity contribution in [1.29, 1.82) is 0 Å². The number of carbonyl (C=O) groups excluding carboxylic acids is 2. The molecule has 1 aromatic heterocycles. The molecule has 0 unspecified atom stereocenters. The van der Waals surface area contributed by atoms with Crippen molar-refractivity contribution >= 4 is 45.3 Å². The summed E-state index contributed by atoms with van der Waals surface area (Å²) in [5, 5.41) is 7.27. The smallest absolute Gasteiger partial charge is 0.249 e. The highest BCUT2D eigenvalue weighted by Gasteiger charge is 2.52. The number of benzene rings is 1. The molecular weight excluding hydrogens is 416 g/mol. The minimum atomic E-state index is -0.420. The molecule has 8 heteroatoms. The van der Waals surface area contributed by atoms with Gasteiger partial charge in [-0.15, -0.1) is 11.8 Å². The molecule has 136 valence electrons. The SMILES string of the molecule is C[C@@]12CCC(=O)N1[C@@H](C(=O)Nc1ccnn1Cc1ccc(Br)cc1)CS2. The van der Waals surface area contributed by atoms with Gasteiger partial charge in [0.2, 0.25) is 11.8 Å². The first kappa shape index (κ1) is 17.6. The van der Waals surface area contributed by atoms with Gasteiger partial charge in [-0.1, -0.05) is 28.1 Å². The lowest BCUT2D eigenvalue weighted by molar-refractivity contribution is -0.135. The highest BCUT2D eigenvalue weighted by Crippen LogP contribution is 2.47. The van der Waals surface area contributed by atoms with Gasteiger partial charge >= 0.3 is 0 Å². The van der Waals surface area contributed by atoms with Crippen molar-refractivity contribution in [2.45, 2.75) is 37.2 Å². The van der Waals surface area contributed by atoms with Crippen molar-refractivity contribution in [3.05, 3.63) is 46.6 Å². The Hall–Kier alpha value is -1.80. The van der Waals surface area contributed by atoms with Crippen LogP contribution in [0, 0.1) is 0 Å². The summed E-state index contributed by atoms with van der Waals surface area (Å²) >= 11 is 5.12. The molecule has 3 heterocycles. The summed E-state index contributed by atoms with van der Waals surface area (Å²) in [4.78, 5) is 26.6. The lowest BCUT2D eigenvalue weighted by Crippen LogP contribution is -2.48. The molecular formula is C18H19BrN4O2S. The maximum absolute atomic E-state index is 12.8. The Bertz CT molecular complexity index is 853. The highest BCUT2D eigenvalue weighted by atomic mass is 79.9. The van der Waals surface area contributed by atoms with Gasteiger partial charge in [-0.25, -0.2) is 4.68 Å². The third kappa shape index (κ3) is 3.16. The number of rotatable bonds is 4. The van der Waals surface area contributed by atoms with Gasteiger partial charge < -0.3 is 10.2 Å². The first-order chi connectivity index (χ1) is 12.5. The van der Waals surface area contributed by atoms with E-state index in [1.807, 2.05) is 31.2 Å². The van der Waals surface area contributed by atoms with Crippen molar-refractivity contribution < 1.29 is 9.59 Å². The average Bonchev–Trinajstić information content (AvgIpc) is 3.26. The molecule has 2 aliphatic rings. The number of thioether (sulfide) groups is 1. The van der Waals surface area contributed by atoms with Crippen LogP contribution in [0.15, 0.2) is 41.0 Å². The number of fused-ring (bicyclic) bond motifs is 1. The summed E-state index contributed by atoms with van der Waals surface area (Å²) in [6.45, 7) is 2.61. The molecule has 1 N–H and O–H groups in total. The van der Waals surface area contributed by atoms with Crippen molar-refractivity contribution in [3.63, 3.8) is 0 Å². The van der Waals surface area contributed by atoms with E-state index in [0.29, 0.717) is 24.5 Å². The van der Waals surface area contributed by atoms with Gasteiger partial charge in [0.25, 0.3) is 0 Å². The van der Waals surface area contributed by atoms with Crippen molar-refractivity contribution in [2.75, 3.05) is 11.1 Å². The molecule has 2 aliphatic heterocycles. The van der Waals surface area contributed by atoms with Crippen LogP contribution in [0.3, 0.4) is 0 Å². The van der Waals surface area contributed by atoms with E-state index in [4.69, 9.17) is 0 Å². The largest absolute Gasteiger partial charge is 0.315 e. The molecule has 4 rings (SSSR count). The maximum Gasteiger partial charge on any atom is 0.249 e. The molecule has 0 bridgehead atoms. The molecule has 0 saturated carbocycles. The minimum absolute atomic E-state index is 0.0704. The highest BCUT2D eigenvalue weighted by molar-refractivity contribution is 9.10. The van der Waals surface area contributed by atoms with Gasteiger partial charge in [0, 0.05) is 22.7 Å². The second-order valence-corrected chi connectivity index (χ2v) is 9.17. The predicted molar refractivity (Wildman–Crippen MR) is 105 cm³/mol. The maximum atomic E-state index is 12.8. The van der Waals surface area contributed by atoms with E-state index in [1.165, 1.54) is 0 Å². The number of nitrogens with one attached hydrogen (secondary N) is 1. The van der Waals surface area contributed by atoms with Crippen LogP contribution in [0.2, 0.25) is 0 Å². The van der Waals surface area contributed by atoms with Crippen LogP contribution in [-0.4, -0.2) is 43.2 Å². The number of anilines is 1. The Labute approximate surface area is 164 Å². The van der Waals surface area contributed by atoms with Gasteiger partial charge in [-0.3, -0.25) is 9.59 Å². The lowest BCUT2D eigenvalue weighted by Gasteiger charge is -2.29. The Morgan fingerprint density at radius 3 is 2.92 bits per heavy atom. The number of hydrogen-bond donors (Lipinski definition) is 1. The molecule has 2 atom stereocenters. The molecule has 0 spiro atoms. The molecule has 0 aliphatic carbocycles. The fourth-order valence-corrected chi connectivity index (χ4v) is 5.25. The summed E-state index contributed by atoms with van der Waals surface area (Å²) in [5.74, 6) is 1.20. The van der Waals surface area contributed by atoms with E-state index in [9.17, 15) is 9.59 Å². The number of aromatic nitrogens is 2. The molecule has 1 aromatic carbocycles. The van der Waals surface area contributed by atoms with Crippen LogP contribution in [0.25, 0.3) is 0 Å². The molecule has 0 radical (unpaired) electrons. The summed E-state index contributed by atoms with van der Waals surface area (Å²) in [7, 11) is 0. The molecule has 2 aromatic rings. The van der Waals surface area contributed by atoms with Crippen LogP contribution in [0.4, 0.5) is 5.82 Å². The lowest BCUT2D eigenvalue weighted by atomic mass is 10.2. The quantitative estimate of drug-likeness (QED) is 0.802. The third-order valence-electron chi connectivity index (χ3n) is 4.96. The zero-order valence-corrected chi connectivity index (χ0v) is 16.7. The predicted octanol–water partition coefficient (Wildman–Crippen LogP) is 3.09. The first-order valence-corrected chi connectivity index (χ1v) is 10.3. The standard InChI is InChI=1S/C18H19BrN4O2S/c1-18-8-6-16(24)23(18)14(11-26-18)17(25)21-15-7-9-20-22(15)10-12-2-4-13(19)5-3-12/h2-5,7,9,14H,6,8,10-11H2,1H3,(H,21,25)/t14-,18-/m1/s1. The van der Waals surface area contributed by atoms with Crippen LogP contribution in [0.1, 0.15) is 25.3 Å². The average molecular weight is 435 g/mol. The second-order valence-electron chi connectivity index (χ2n) is 6.76. The van der Waals surface area contributed by atoms with E-state index in [2.05, 4.69) is 26.3 Å². The van der Waals surface area contributed by atoms with E-state index in [1.54, 1.807) is 33.6 Å². The molecule has 26 heavy (non-hydrogen) atoms. The Morgan fingerprint density at radius 2 is 2.15 bits per heavy atom. The van der Waals surface area contributed by atoms with E-state index < -0.39 is 6.04 Å². The third-order valence-corrected chi connectivity index (χ3v) is 6.99. The topological polar surface area (TPSA) is 67.2 Å². The Morgan fingerprint density at radius 1 is 1.38 bits per heavy atom. The first-order valence-electron chi connectivity index (χ1n) is 8.49. The summed E-state index contributed by atoms with van der Waals surface area (Å²) in [6.07, 6.45) is 3.00. The fourth-order valence-electron chi connectivity index (χ4n) is 3.55. The number of carbonyl (C=O) groups is 2. The fraction of sp³-hybridized carbons (Fsp3) is 0.389. The van der Waals surface area contributed by atoms with Crippen LogP contribution < -0.4 is 5.32 Å². The number of amides is 2. The van der Waals surface area contributed by atoms with Gasteiger partial charge in [-0.2, -0.15) is 5.10 Å². The van der Waals surface area contributed by atoms with Crippen molar-refractivity contribution in [3.8, 4) is 0 Å². The summed E-state index contributed by atoms with van der Waals surface area (Å²) in [6, 6.07) is 9.35. The van der Waals surface area contributed by atoms with E-state index in [0.717, 1.165) is 16.5 Å². The van der Waals surface area contributed by atoms with E-state index in [-0.39, 0.29) is 16.7 Å². The Balaban J connectivity index is 1.48.